The second-order valence-corrected chi connectivity index (χ2v) is 9.70. The third-order valence-corrected chi connectivity index (χ3v) is 7.09. The lowest BCUT2D eigenvalue weighted by Gasteiger charge is -2.32. The average molecular weight is 450 g/mol. The summed E-state index contributed by atoms with van der Waals surface area (Å²) in [4.78, 5) is 6.50. The Bertz CT molecular complexity index is 1290. The zero-order valence-corrected chi connectivity index (χ0v) is 19.1. The van der Waals surface area contributed by atoms with Gasteiger partial charge in [-0.3, -0.25) is 4.98 Å². The number of fused-ring (bicyclic) bond motifs is 2. The predicted molar refractivity (Wildman–Crippen MR) is 124 cm³/mol. The Labute approximate surface area is 191 Å². The van der Waals surface area contributed by atoms with Crippen molar-refractivity contribution in [2.75, 3.05) is 11.4 Å². The molecule has 0 radical (unpaired) electrons. The highest BCUT2D eigenvalue weighted by Gasteiger charge is 2.51. The van der Waals surface area contributed by atoms with Crippen LogP contribution in [-0.4, -0.2) is 29.8 Å². The molecule has 1 fully saturated rings. The Hall–Kier alpha value is -2.66. The predicted octanol–water partition coefficient (Wildman–Crippen LogP) is 4.89. The van der Waals surface area contributed by atoms with E-state index in [1.54, 1.807) is 12.3 Å². The molecule has 1 saturated heterocycles. The number of hydrogen-bond donors (Lipinski definition) is 0. The molecule has 0 amide bonds. The van der Waals surface area contributed by atoms with E-state index in [0.717, 1.165) is 33.3 Å². The second kappa shape index (κ2) is 7.18. The third kappa shape index (κ3) is 3.17. The van der Waals surface area contributed by atoms with E-state index in [0.29, 0.717) is 18.5 Å². The van der Waals surface area contributed by atoms with Crippen molar-refractivity contribution < 1.29 is 13.7 Å². The van der Waals surface area contributed by atoms with Crippen molar-refractivity contribution in [2.24, 2.45) is 0 Å². The number of anilines is 2. The lowest BCUT2D eigenvalue weighted by atomic mass is 9.78. The van der Waals surface area contributed by atoms with Crippen molar-refractivity contribution in [3.8, 4) is 6.07 Å². The molecule has 2 aliphatic rings. The summed E-state index contributed by atoms with van der Waals surface area (Å²) in [6.45, 7) is 8.67. The average Bonchev–Trinajstić information content (AvgIpc) is 3.23. The fourth-order valence-corrected chi connectivity index (χ4v) is 4.47. The first kappa shape index (κ1) is 21.2. The number of halogens is 2. The first-order valence-corrected chi connectivity index (χ1v) is 10.9. The van der Waals surface area contributed by atoms with Gasteiger partial charge in [0.05, 0.1) is 33.0 Å². The topological polar surface area (TPSA) is 58.4 Å². The van der Waals surface area contributed by atoms with Gasteiger partial charge in [0, 0.05) is 23.8 Å². The van der Waals surface area contributed by atoms with E-state index in [1.807, 2.05) is 50.8 Å². The van der Waals surface area contributed by atoms with Crippen LogP contribution in [0.5, 0.6) is 0 Å². The Morgan fingerprint density at radius 2 is 1.88 bits per heavy atom. The van der Waals surface area contributed by atoms with E-state index in [9.17, 15) is 9.65 Å². The monoisotopic (exact) mass is 449 g/mol. The number of benzene rings is 2. The second-order valence-electron chi connectivity index (χ2n) is 9.29. The first-order chi connectivity index (χ1) is 15.1. The number of pyridine rings is 1. The van der Waals surface area contributed by atoms with Gasteiger partial charge in [0.1, 0.15) is 11.9 Å². The normalized spacial score (nSPS) is 18.8. The number of rotatable bonds is 2. The maximum absolute atomic E-state index is 14.0. The quantitative estimate of drug-likeness (QED) is 0.521. The van der Waals surface area contributed by atoms with E-state index >= 15 is 0 Å². The van der Waals surface area contributed by atoms with Gasteiger partial charge in [0.25, 0.3) is 0 Å². The number of aromatic nitrogens is 1. The Morgan fingerprint density at radius 1 is 1.16 bits per heavy atom. The van der Waals surface area contributed by atoms with Crippen molar-refractivity contribution in [1.82, 2.24) is 4.98 Å². The lowest BCUT2D eigenvalue weighted by Crippen LogP contribution is -2.41. The lowest BCUT2D eigenvalue weighted by molar-refractivity contribution is 0.00578. The van der Waals surface area contributed by atoms with Crippen molar-refractivity contribution >= 4 is 46.5 Å². The van der Waals surface area contributed by atoms with Gasteiger partial charge < -0.3 is 14.2 Å². The zero-order chi connectivity index (χ0) is 22.8. The minimum atomic E-state index is -0.530. The van der Waals surface area contributed by atoms with Crippen molar-refractivity contribution in [3.63, 3.8) is 0 Å². The molecular weight excluding hydrogens is 428 g/mol. The summed E-state index contributed by atoms with van der Waals surface area (Å²) < 4.78 is 26.5. The van der Waals surface area contributed by atoms with E-state index in [-0.39, 0.29) is 5.02 Å². The molecule has 3 heterocycles. The molecule has 0 aliphatic carbocycles. The van der Waals surface area contributed by atoms with Gasteiger partial charge in [0.2, 0.25) is 0 Å². The first-order valence-electron chi connectivity index (χ1n) is 10.6. The van der Waals surface area contributed by atoms with Crippen LogP contribution in [0.25, 0.3) is 10.9 Å². The molecule has 8 heteroatoms. The number of hydrogen-bond acceptors (Lipinski definition) is 5. The smallest absolute Gasteiger partial charge is 0.399 e. The maximum atomic E-state index is 14.0. The molecule has 1 aromatic heterocycles. The van der Waals surface area contributed by atoms with Crippen LogP contribution in [0.4, 0.5) is 15.8 Å². The van der Waals surface area contributed by atoms with Crippen LogP contribution in [-0.2, 0) is 15.7 Å². The highest BCUT2D eigenvalue weighted by Crippen LogP contribution is 2.42. The van der Waals surface area contributed by atoms with Crippen LogP contribution in [0.2, 0.25) is 5.02 Å². The molecule has 32 heavy (non-hydrogen) atoms. The summed E-state index contributed by atoms with van der Waals surface area (Å²) >= 11 is 6.09. The molecule has 2 aliphatic heterocycles. The molecule has 0 unspecified atom stereocenters. The molecule has 0 atom stereocenters. The largest absolute Gasteiger partial charge is 0.494 e. The van der Waals surface area contributed by atoms with Crippen LogP contribution < -0.4 is 10.4 Å². The summed E-state index contributed by atoms with van der Waals surface area (Å²) in [6.07, 6.45) is 2.24. The van der Waals surface area contributed by atoms with Crippen molar-refractivity contribution in [2.45, 2.75) is 45.3 Å². The van der Waals surface area contributed by atoms with E-state index < -0.39 is 24.1 Å². The zero-order valence-electron chi connectivity index (χ0n) is 18.4. The maximum Gasteiger partial charge on any atom is 0.494 e. The fraction of sp³-hybridized carbons (Fsp3) is 0.333. The summed E-state index contributed by atoms with van der Waals surface area (Å²) in [5.41, 5.74) is 3.53. The van der Waals surface area contributed by atoms with Gasteiger partial charge in [-0.05, 0) is 63.3 Å². The van der Waals surface area contributed by atoms with Gasteiger partial charge >= 0.3 is 7.12 Å². The summed E-state index contributed by atoms with van der Waals surface area (Å²) in [6, 6.07) is 11.2. The molecular formula is C24H22BClFN3O2. The minimum Gasteiger partial charge on any atom is -0.399 e. The summed E-state index contributed by atoms with van der Waals surface area (Å²) in [5.74, 6) is -0.435. The van der Waals surface area contributed by atoms with Crippen LogP contribution in [0, 0.1) is 17.1 Å². The third-order valence-electron chi connectivity index (χ3n) is 6.80. The molecule has 5 rings (SSSR count). The van der Waals surface area contributed by atoms with Gasteiger partial charge in [-0.15, -0.1) is 0 Å². The van der Waals surface area contributed by atoms with Crippen LogP contribution >= 0.6 is 11.6 Å². The van der Waals surface area contributed by atoms with Crippen LogP contribution in [0.3, 0.4) is 0 Å². The van der Waals surface area contributed by atoms with Gasteiger partial charge in [-0.2, -0.15) is 5.26 Å². The molecule has 162 valence electrons. The van der Waals surface area contributed by atoms with Gasteiger partial charge in [-0.1, -0.05) is 23.7 Å². The van der Waals surface area contributed by atoms with Crippen LogP contribution in [0.1, 0.15) is 38.8 Å². The Kier molecular flexibility index (Phi) is 4.76. The van der Waals surface area contributed by atoms with Crippen LogP contribution in [0.15, 0.2) is 36.5 Å². The molecule has 0 spiro atoms. The van der Waals surface area contributed by atoms with Gasteiger partial charge in [-0.25, -0.2) is 4.39 Å². The van der Waals surface area contributed by atoms with E-state index in [1.165, 1.54) is 6.07 Å². The summed E-state index contributed by atoms with van der Waals surface area (Å²) in [5, 5.41) is 10.7. The summed E-state index contributed by atoms with van der Waals surface area (Å²) in [7, 11) is -0.530. The minimum absolute atomic E-state index is 0.0606. The molecule has 3 aromatic rings. The molecule has 0 saturated carbocycles. The van der Waals surface area contributed by atoms with E-state index in [4.69, 9.17) is 20.9 Å². The fourth-order valence-electron chi connectivity index (χ4n) is 4.31. The SMILES string of the molecule is CC1(C)OB(c2ccc3ncc(C#N)c(N4CCc5cc(F)c(Cl)cc54)c3c2)OC1(C)C. The van der Waals surface area contributed by atoms with E-state index in [2.05, 4.69) is 11.1 Å². The van der Waals surface area contributed by atoms with Gasteiger partial charge in [0.15, 0.2) is 0 Å². The Balaban J connectivity index is 1.67. The molecule has 0 N–H and O–H groups in total. The standard InChI is InChI=1S/C24H22BClFN3O2/c1-23(2)24(3,4)32-25(31-23)16-5-6-20-17(10-16)22(15(12-28)13-29-20)30-8-7-14-9-19(27)18(26)11-21(14)30/h5-6,9-11,13H,7-8H2,1-4H3. The van der Waals surface area contributed by atoms with Crippen molar-refractivity contribution in [1.29, 1.82) is 5.26 Å². The molecule has 0 bridgehead atoms. The highest BCUT2D eigenvalue weighted by molar-refractivity contribution is 6.62. The molecule has 2 aromatic carbocycles. The number of nitrogens with zero attached hydrogens (tertiary/aromatic N) is 3. The Morgan fingerprint density at radius 3 is 2.56 bits per heavy atom. The van der Waals surface area contributed by atoms with Crippen molar-refractivity contribution in [3.05, 3.63) is 58.5 Å². The highest BCUT2D eigenvalue weighted by atomic mass is 35.5. The number of nitriles is 1. The molecule has 5 nitrogen and oxygen atoms in total.